The van der Waals surface area contributed by atoms with Crippen LogP contribution in [0.3, 0.4) is 0 Å². The third-order valence-electron chi connectivity index (χ3n) is 5.94. The van der Waals surface area contributed by atoms with Gasteiger partial charge < -0.3 is 15.0 Å². The van der Waals surface area contributed by atoms with E-state index in [4.69, 9.17) is 4.74 Å². The number of sulfonamides is 1. The van der Waals surface area contributed by atoms with Crippen molar-refractivity contribution in [3.05, 3.63) is 72.4 Å². The normalized spacial score (nSPS) is 14.6. The summed E-state index contributed by atoms with van der Waals surface area (Å²) in [6.45, 7) is 7.62. The maximum absolute atomic E-state index is 12.9. The molecule has 2 aromatic heterocycles. The van der Waals surface area contributed by atoms with E-state index in [2.05, 4.69) is 20.1 Å². The molecule has 2 N–H and O–H groups in total. The van der Waals surface area contributed by atoms with Crippen molar-refractivity contribution < 1.29 is 17.9 Å². The molecule has 0 atom stereocenters. The number of hydrogen-bond acceptors (Lipinski definition) is 7. The minimum absolute atomic E-state index is 0.0446. The van der Waals surface area contributed by atoms with E-state index in [1.54, 1.807) is 66.7 Å². The number of amides is 1. The number of carbonyl (C=O) groups excluding carboxylic acids is 1. The topological polar surface area (TPSA) is 118 Å². The van der Waals surface area contributed by atoms with Gasteiger partial charge in [-0.2, -0.15) is 0 Å². The number of fused-ring (bicyclic) bond motifs is 1. The van der Waals surface area contributed by atoms with Crippen molar-refractivity contribution in [2.75, 3.05) is 31.6 Å². The molecule has 0 bridgehead atoms. The van der Waals surface area contributed by atoms with E-state index in [-0.39, 0.29) is 10.8 Å². The number of nitrogens with one attached hydrogen (secondary N) is 2. The maximum atomic E-state index is 12.9. The van der Waals surface area contributed by atoms with Crippen molar-refractivity contribution in [1.82, 2.24) is 24.2 Å². The standard InChI is InChI=1S/C27H30N6O4S/c1-27(2,3)31-38(35,36)23-9-5-6-19(17-23)24-11-10-22-18-28-26(30-33(22)24)29-21-8-4-7-20(16-21)25(34)32-12-14-37-15-13-32/h4-11,16-18,31H,12-15H2,1-3H3,(H,29,30). The van der Waals surface area contributed by atoms with Crippen LogP contribution < -0.4 is 10.0 Å². The Morgan fingerprint density at radius 1 is 1.00 bits per heavy atom. The van der Waals surface area contributed by atoms with Crippen LogP contribution in [0.1, 0.15) is 31.1 Å². The minimum atomic E-state index is -3.70. The van der Waals surface area contributed by atoms with Gasteiger partial charge in [-0.25, -0.2) is 22.6 Å². The number of anilines is 2. The molecule has 3 heterocycles. The minimum Gasteiger partial charge on any atom is -0.378 e. The first-order valence-electron chi connectivity index (χ1n) is 12.3. The summed E-state index contributed by atoms with van der Waals surface area (Å²) in [6, 6.07) is 17.7. The van der Waals surface area contributed by atoms with Gasteiger partial charge in [0.25, 0.3) is 5.91 Å². The number of rotatable bonds is 6. The van der Waals surface area contributed by atoms with E-state index < -0.39 is 15.6 Å². The molecule has 0 spiro atoms. The second-order valence-electron chi connectivity index (χ2n) is 10.1. The van der Waals surface area contributed by atoms with Gasteiger partial charge >= 0.3 is 0 Å². The van der Waals surface area contributed by atoms with Gasteiger partial charge in [-0.15, -0.1) is 5.10 Å². The van der Waals surface area contributed by atoms with Crippen molar-refractivity contribution >= 4 is 33.1 Å². The molecule has 2 aromatic carbocycles. The van der Waals surface area contributed by atoms with E-state index in [1.165, 1.54) is 0 Å². The third kappa shape index (κ3) is 5.69. The molecule has 1 saturated heterocycles. The number of ether oxygens (including phenoxy) is 1. The highest BCUT2D eigenvalue weighted by molar-refractivity contribution is 7.89. The van der Waals surface area contributed by atoms with Crippen molar-refractivity contribution in [1.29, 1.82) is 0 Å². The first-order chi connectivity index (χ1) is 18.1. The molecule has 5 rings (SSSR count). The smallest absolute Gasteiger partial charge is 0.254 e. The zero-order valence-corrected chi connectivity index (χ0v) is 22.3. The van der Waals surface area contributed by atoms with Crippen LogP contribution in [0.25, 0.3) is 16.8 Å². The number of carbonyl (C=O) groups is 1. The Morgan fingerprint density at radius 2 is 1.76 bits per heavy atom. The number of hydrogen-bond donors (Lipinski definition) is 2. The van der Waals surface area contributed by atoms with Gasteiger partial charge in [0.15, 0.2) is 0 Å². The van der Waals surface area contributed by atoms with Gasteiger partial charge in [-0.05, 0) is 63.2 Å². The molecular weight excluding hydrogens is 504 g/mol. The highest BCUT2D eigenvalue weighted by Gasteiger charge is 2.23. The Bertz CT molecular complexity index is 1590. The summed E-state index contributed by atoms with van der Waals surface area (Å²) < 4.78 is 35.5. The molecule has 198 valence electrons. The third-order valence-corrected chi connectivity index (χ3v) is 7.70. The largest absolute Gasteiger partial charge is 0.378 e. The number of aromatic nitrogens is 3. The average molecular weight is 535 g/mol. The van der Waals surface area contributed by atoms with Crippen LogP contribution in [0.2, 0.25) is 0 Å². The SMILES string of the molecule is CC(C)(C)NS(=O)(=O)c1cccc(-c2ccc3cnc(Nc4cccc(C(=O)N5CCOCC5)c4)nn23)c1. The van der Waals surface area contributed by atoms with Crippen LogP contribution in [-0.4, -0.2) is 65.7 Å². The van der Waals surface area contributed by atoms with Crippen molar-refractivity contribution in [2.45, 2.75) is 31.2 Å². The van der Waals surface area contributed by atoms with E-state index in [0.717, 1.165) is 11.2 Å². The molecule has 38 heavy (non-hydrogen) atoms. The quantitative estimate of drug-likeness (QED) is 0.387. The first-order valence-corrected chi connectivity index (χ1v) is 13.8. The van der Waals surface area contributed by atoms with Gasteiger partial charge in [-0.1, -0.05) is 18.2 Å². The van der Waals surface area contributed by atoms with Crippen molar-refractivity contribution in [2.24, 2.45) is 0 Å². The second kappa shape index (κ2) is 10.2. The zero-order chi connectivity index (χ0) is 26.9. The summed E-state index contributed by atoms with van der Waals surface area (Å²) in [5.74, 6) is 0.292. The van der Waals surface area contributed by atoms with Gasteiger partial charge in [0, 0.05) is 35.4 Å². The molecule has 10 nitrogen and oxygen atoms in total. The highest BCUT2D eigenvalue weighted by Crippen LogP contribution is 2.26. The Balaban J connectivity index is 1.42. The summed E-state index contributed by atoms with van der Waals surface area (Å²) in [6.07, 6.45) is 1.68. The predicted octanol–water partition coefficient (Wildman–Crippen LogP) is 3.69. The molecule has 0 unspecified atom stereocenters. The summed E-state index contributed by atoms with van der Waals surface area (Å²) in [7, 11) is -3.70. The van der Waals surface area contributed by atoms with Gasteiger partial charge in [0.1, 0.15) is 0 Å². The Morgan fingerprint density at radius 3 is 2.53 bits per heavy atom. The van der Waals surface area contributed by atoms with Crippen LogP contribution in [-0.2, 0) is 14.8 Å². The second-order valence-corrected chi connectivity index (χ2v) is 11.8. The molecule has 1 amide bonds. The maximum Gasteiger partial charge on any atom is 0.254 e. The summed E-state index contributed by atoms with van der Waals surface area (Å²) in [4.78, 5) is 19.2. The first kappa shape index (κ1) is 25.8. The Kier molecular flexibility index (Phi) is 6.91. The lowest BCUT2D eigenvalue weighted by Gasteiger charge is -2.27. The Hall–Kier alpha value is -3.80. The summed E-state index contributed by atoms with van der Waals surface area (Å²) >= 11 is 0. The number of benzene rings is 2. The fraction of sp³-hybridized carbons (Fsp3) is 0.296. The van der Waals surface area contributed by atoms with Gasteiger partial charge in [0.05, 0.1) is 35.5 Å². The van der Waals surface area contributed by atoms with Crippen molar-refractivity contribution in [3.63, 3.8) is 0 Å². The summed E-state index contributed by atoms with van der Waals surface area (Å²) in [5.41, 5.74) is 2.82. The van der Waals surface area contributed by atoms with Crippen LogP contribution in [0, 0.1) is 0 Å². The Labute approximate surface area is 221 Å². The molecule has 4 aromatic rings. The number of morpholine rings is 1. The van der Waals surface area contributed by atoms with Gasteiger partial charge in [0.2, 0.25) is 16.0 Å². The monoisotopic (exact) mass is 534 g/mol. The molecule has 1 aliphatic heterocycles. The molecule has 1 fully saturated rings. The lowest BCUT2D eigenvalue weighted by Crippen LogP contribution is -2.40. The summed E-state index contributed by atoms with van der Waals surface area (Å²) in [5, 5.41) is 7.82. The van der Waals surface area contributed by atoms with E-state index in [9.17, 15) is 13.2 Å². The highest BCUT2D eigenvalue weighted by atomic mass is 32.2. The molecule has 0 aliphatic carbocycles. The van der Waals surface area contributed by atoms with E-state index in [0.29, 0.717) is 49.1 Å². The lowest BCUT2D eigenvalue weighted by atomic mass is 10.1. The fourth-order valence-corrected chi connectivity index (χ4v) is 5.73. The van der Waals surface area contributed by atoms with Crippen LogP contribution in [0.4, 0.5) is 11.6 Å². The molecule has 1 aliphatic rings. The van der Waals surface area contributed by atoms with Crippen molar-refractivity contribution in [3.8, 4) is 11.3 Å². The van der Waals surface area contributed by atoms with E-state index >= 15 is 0 Å². The van der Waals surface area contributed by atoms with Crippen LogP contribution in [0.15, 0.2) is 71.8 Å². The average Bonchev–Trinajstić information content (AvgIpc) is 3.31. The predicted molar refractivity (Wildman–Crippen MR) is 145 cm³/mol. The van der Waals surface area contributed by atoms with Crippen LogP contribution in [0.5, 0.6) is 0 Å². The molecule has 0 saturated carbocycles. The molecule has 0 radical (unpaired) electrons. The van der Waals surface area contributed by atoms with E-state index in [1.807, 2.05) is 30.3 Å². The molecular formula is C27H30N6O4S. The molecule has 11 heteroatoms. The van der Waals surface area contributed by atoms with Crippen LogP contribution >= 0.6 is 0 Å². The fourth-order valence-electron chi connectivity index (χ4n) is 4.27. The number of nitrogens with zero attached hydrogens (tertiary/aromatic N) is 4. The van der Waals surface area contributed by atoms with Gasteiger partial charge in [-0.3, -0.25) is 4.79 Å². The zero-order valence-electron chi connectivity index (χ0n) is 21.5. The lowest BCUT2D eigenvalue weighted by molar-refractivity contribution is 0.0303.